The molecule has 0 aromatic rings. The van der Waals surface area contributed by atoms with Gasteiger partial charge < -0.3 is 0 Å². The minimum Gasteiger partial charge on any atom is -0.202 e. The van der Waals surface area contributed by atoms with Crippen LogP contribution >= 0.6 is 0 Å². The van der Waals surface area contributed by atoms with Crippen LogP contribution in [0.25, 0.3) is 0 Å². The Morgan fingerprint density at radius 3 is 2.42 bits per heavy atom. The normalized spacial score (nSPS) is 31.1. The third-order valence-corrected chi connectivity index (χ3v) is 4.65. The van der Waals surface area contributed by atoms with E-state index in [4.69, 9.17) is 0 Å². The molecule has 0 aromatic heterocycles. The van der Waals surface area contributed by atoms with E-state index < -0.39 is 0 Å². The van der Waals surface area contributed by atoms with Crippen molar-refractivity contribution in [3.8, 4) is 0 Å². The van der Waals surface area contributed by atoms with Gasteiger partial charge in [0.25, 0.3) is 0 Å². The highest BCUT2D eigenvalue weighted by molar-refractivity contribution is 5.90. The molecule has 2 atom stereocenters. The Bertz CT molecular complexity index is 492. The van der Waals surface area contributed by atoms with Crippen molar-refractivity contribution in [1.82, 2.24) is 0 Å². The van der Waals surface area contributed by atoms with Gasteiger partial charge in [-0.15, -0.1) is 0 Å². The third kappa shape index (κ3) is 2.35. The van der Waals surface area contributed by atoms with Crippen molar-refractivity contribution in [2.75, 3.05) is 0 Å². The van der Waals surface area contributed by atoms with E-state index in [1.54, 1.807) is 11.3 Å². The van der Waals surface area contributed by atoms with E-state index >= 15 is 0 Å². The maximum Gasteiger partial charge on any atom is 0.172 e. The average Bonchev–Trinajstić information content (AvgIpc) is 3.13. The van der Waals surface area contributed by atoms with Gasteiger partial charge in [0, 0.05) is 18.4 Å². The van der Waals surface area contributed by atoms with Crippen LogP contribution in [-0.2, 0) is 0 Å². The van der Waals surface area contributed by atoms with Gasteiger partial charge in [-0.05, 0) is 18.8 Å². The monoisotopic (exact) mass is 256 g/mol. The van der Waals surface area contributed by atoms with Crippen LogP contribution < -0.4 is 0 Å². The summed E-state index contributed by atoms with van der Waals surface area (Å²) in [6, 6.07) is 0.789. The molecule has 0 aromatic carbocycles. The lowest BCUT2D eigenvalue weighted by atomic mass is 9.76. The summed E-state index contributed by atoms with van der Waals surface area (Å²) in [6.07, 6.45) is 15.5. The van der Waals surface area contributed by atoms with Gasteiger partial charge in [0.1, 0.15) is 0 Å². The molecule has 0 bridgehead atoms. The number of hydrogen-bond acceptors (Lipinski definition) is 0. The van der Waals surface area contributed by atoms with Crippen LogP contribution in [0.4, 0.5) is 0 Å². The molecule has 3 rings (SSSR count). The molecule has 19 heavy (non-hydrogen) atoms. The Kier molecular flexibility index (Phi) is 3.03. The summed E-state index contributed by atoms with van der Waals surface area (Å²) < 4.78 is 2.62. The lowest BCUT2D eigenvalue weighted by molar-refractivity contribution is -0.472. The summed E-state index contributed by atoms with van der Waals surface area (Å²) in [7, 11) is 0. The lowest BCUT2D eigenvalue weighted by Crippen LogP contribution is -2.29. The van der Waals surface area contributed by atoms with E-state index in [1.807, 2.05) is 0 Å². The smallest absolute Gasteiger partial charge is 0.172 e. The van der Waals surface area contributed by atoms with Crippen LogP contribution in [0.1, 0.15) is 47.0 Å². The van der Waals surface area contributed by atoms with E-state index in [2.05, 4.69) is 62.8 Å². The molecular formula is C18H26N+. The second kappa shape index (κ2) is 4.47. The SMILES string of the molecule is CC1C(C(C)(C)C)=C[N+](C2CC2)=C1[C@@H]1C=CC=CC1. The Morgan fingerprint density at radius 2 is 1.89 bits per heavy atom. The summed E-state index contributed by atoms with van der Waals surface area (Å²) in [5, 5.41) is 0. The molecule has 102 valence electrons. The second-order valence-electron chi connectivity index (χ2n) is 7.27. The Labute approximate surface area is 117 Å². The first-order chi connectivity index (χ1) is 8.98. The molecule has 1 unspecified atom stereocenters. The van der Waals surface area contributed by atoms with Crippen LogP contribution in [0.2, 0.25) is 0 Å². The first-order valence-corrected chi connectivity index (χ1v) is 7.69. The molecular weight excluding hydrogens is 230 g/mol. The molecule has 1 nitrogen and oxygen atoms in total. The molecule has 1 heterocycles. The molecule has 0 radical (unpaired) electrons. The van der Waals surface area contributed by atoms with E-state index in [9.17, 15) is 0 Å². The fourth-order valence-electron chi connectivity index (χ4n) is 3.54. The van der Waals surface area contributed by atoms with E-state index in [0.717, 1.165) is 6.04 Å². The van der Waals surface area contributed by atoms with Gasteiger partial charge in [-0.3, -0.25) is 0 Å². The average molecular weight is 256 g/mol. The van der Waals surface area contributed by atoms with Crippen molar-refractivity contribution < 1.29 is 4.58 Å². The van der Waals surface area contributed by atoms with Crippen molar-refractivity contribution in [3.63, 3.8) is 0 Å². The predicted molar refractivity (Wildman–Crippen MR) is 81.4 cm³/mol. The van der Waals surface area contributed by atoms with Crippen molar-refractivity contribution in [3.05, 3.63) is 36.1 Å². The molecule has 0 amide bonds. The summed E-state index contributed by atoms with van der Waals surface area (Å²) >= 11 is 0. The van der Waals surface area contributed by atoms with Crippen molar-refractivity contribution in [2.45, 2.75) is 53.0 Å². The van der Waals surface area contributed by atoms with Crippen molar-refractivity contribution in [2.24, 2.45) is 17.3 Å². The maximum atomic E-state index is 2.62. The minimum absolute atomic E-state index is 0.280. The topological polar surface area (TPSA) is 3.01 Å². The summed E-state index contributed by atoms with van der Waals surface area (Å²) in [4.78, 5) is 0. The molecule has 2 aliphatic carbocycles. The number of rotatable bonds is 2. The molecule has 0 N–H and O–H groups in total. The van der Waals surface area contributed by atoms with Gasteiger partial charge in [-0.2, -0.15) is 0 Å². The molecule has 0 saturated heterocycles. The van der Waals surface area contributed by atoms with Crippen molar-refractivity contribution >= 4 is 5.71 Å². The van der Waals surface area contributed by atoms with Crippen LogP contribution in [0, 0.1) is 17.3 Å². The number of nitrogens with zero attached hydrogens (tertiary/aromatic N) is 1. The fourth-order valence-corrected chi connectivity index (χ4v) is 3.54. The first kappa shape index (κ1) is 12.9. The van der Waals surface area contributed by atoms with Gasteiger partial charge in [-0.1, -0.05) is 45.1 Å². The number of hydrogen-bond donors (Lipinski definition) is 0. The minimum atomic E-state index is 0.280. The van der Waals surface area contributed by atoms with Gasteiger partial charge in [0.05, 0.1) is 11.8 Å². The lowest BCUT2D eigenvalue weighted by Gasteiger charge is -2.23. The Hall–Kier alpha value is -1.11. The van der Waals surface area contributed by atoms with Crippen LogP contribution in [0.15, 0.2) is 36.1 Å². The predicted octanol–water partition coefficient (Wildman–Crippen LogP) is 4.31. The molecule has 0 spiro atoms. The second-order valence-corrected chi connectivity index (χ2v) is 7.27. The largest absolute Gasteiger partial charge is 0.202 e. The van der Waals surface area contributed by atoms with Crippen LogP contribution in [0.3, 0.4) is 0 Å². The zero-order valence-corrected chi connectivity index (χ0v) is 12.7. The summed E-state index contributed by atoms with van der Waals surface area (Å²) in [5.74, 6) is 1.21. The van der Waals surface area contributed by atoms with Crippen LogP contribution in [-0.4, -0.2) is 16.3 Å². The van der Waals surface area contributed by atoms with E-state index in [1.165, 1.54) is 19.3 Å². The maximum absolute atomic E-state index is 2.62. The standard InChI is InChI=1S/C18H26N/c1-13-16(18(2,3)4)12-19(15-10-11-15)17(13)14-8-6-5-7-9-14/h5-8,12-15H,9-11H2,1-4H3/q+1/t13?,14-/m1/s1. The summed E-state index contributed by atoms with van der Waals surface area (Å²) in [5.41, 5.74) is 3.54. The zero-order chi connectivity index (χ0) is 13.6. The van der Waals surface area contributed by atoms with Crippen molar-refractivity contribution in [1.29, 1.82) is 0 Å². The highest BCUT2D eigenvalue weighted by atomic mass is 15.1. The zero-order valence-electron chi connectivity index (χ0n) is 12.7. The molecule has 1 aliphatic heterocycles. The highest BCUT2D eigenvalue weighted by Crippen LogP contribution is 2.41. The quantitative estimate of drug-likeness (QED) is 0.648. The van der Waals surface area contributed by atoms with Crippen LogP contribution in [0.5, 0.6) is 0 Å². The molecule has 1 saturated carbocycles. The van der Waals surface area contributed by atoms with Gasteiger partial charge in [-0.25, -0.2) is 4.58 Å². The third-order valence-electron chi connectivity index (χ3n) is 4.65. The Morgan fingerprint density at radius 1 is 1.16 bits per heavy atom. The fraction of sp³-hybridized carbons (Fsp3) is 0.611. The van der Waals surface area contributed by atoms with Gasteiger partial charge in [0.2, 0.25) is 0 Å². The summed E-state index contributed by atoms with van der Waals surface area (Å²) in [6.45, 7) is 9.45. The molecule has 3 aliphatic rings. The van der Waals surface area contributed by atoms with E-state index in [0.29, 0.717) is 11.8 Å². The number of allylic oxidation sites excluding steroid dienone is 5. The van der Waals surface area contributed by atoms with E-state index in [-0.39, 0.29) is 5.41 Å². The molecule has 1 fully saturated rings. The first-order valence-electron chi connectivity index (χ1n) is 7.69. The Balaban J connectivity index is 1.95. The van der Waals surface area contributed by atoms with Gasteiger partial charge >= 0.3 is 0 Å². The highest BCUT2D eigenvalue weighted by Gasteiger charge is 2.46. The van der Waals surface area contributed by atoms with Gasteiger partial charge in [0.15, 0.2) is 18.0 Å². The molecule has 1 heteroatoms.